The van der Waals surface area contributed by atoms with Crippen LogP contribution in [0.25, 0.3) is 0 Å². The molecule has 0 fully saturated rings. The highest BCUT2D eigenvalue weighted by Gasteiger charge is 2.41. The monoisotopic (exact) mass is 376 g/mol. The smallest absolute Gasteiger partial charge is 0.382 e. The number of Topliss-reactive ketones (excluding diaryl/α,β-unsaturated/α-hetero) is 1. The number of alkyl halides is 3. The molecule has 0 radical (unpaired) electrons. The molecule has 2 unspecified atom stereocenters. The van der Waals surface area contributed by atoms with Gasteiger partial charge in [-0.05, 0) is 32.4 Å². The number of hydrogen-bond donors (Lipinski definition) is 4. The number of hydrazine groups is 1. The SMILES string of the molecule is C/C=C\CC1NNCC(C(=O)/C=N\[C@H](C)C(O)C(F)(F)F)=C1CNCC. The van der Waals surface area contributed by atoms with Gasteiger partial charge in [0.25, 0.3) is 0 Å². The molecule has 0 aromatic rings. The van der Waals surface area contributed by atoms with Crippen LogP contribution in [0, 0.1) is 0 Å². The predicted octanol–water partition coefficient (Wildman–Crippen LogP) is 1.29. The maximum Gasteiger partial charge on any atom is 0.416 e. The molecule has 6 nitrogen and oxygen atoms in total. The number of aliphatic hydroxyl groups excluding tert-OH is 1. The number of nitrogens with one attached hydrogen (secondary N) is 3. The molecule has 1 rings (SSSR count). The van der Waals surface area contributed by atoms with E-state index in [0.717, 1.165) is 25.3 Å². The van der Waals surface area contributed by atoms with Crippen LogP contribution in [-0.4, -0.2) is 61.1 Å². The molecule has 26 heavy (non-hydrogen) atoms. The zero-order chi connectivity index (χ0) is 19.7. The summed E-state index contributed by atoms with van der Waals surface area (Å²) in [5.41, 5.74) is 7.37. The molecule has 0 amide bonds. The molecular formula is C17H27F3N4O2. The quantitative estimate of drug-likeness (QED) is 0.360. The molecule has 0 saturated carbocycles. The van der Waals surface area contributed by atoms with Crippen molar-refractivity contribution in [1.29, 1.82) is 0 Å². The van der Waals surface area contributed by atoms with Crippen molar-refractivity contribution in [2.75, 3.05) is 19.6 Å². The minimum Gasteiger partial charge on any atom is -0.382 e. The molecule has 9 heteroatoms. The lowest BCUT2D eigenvalue weighted by Gasteiger charge is -2.29. The lowest BCUT2D eigenvalue weighted by molar-refractivity contribution is -0.207. The first kappa shape index (κ1) is 22.5. The highest BCUT2D eigenvalue weighted by molar-refractivity contribution is 6.35. The highest BCUT2D eigenvalue weighted by Crippen LogP contribution is 2.23. The van der Waals surface area contributed by atoms with E-state index >= 15 is 0 Å². The molecule has 0 bridgehead atoms. The number of rotatable bonds is 9. The van der Waals surface area contributed by atoms with E-state index in [1.54, 1.807) is 0 Å². The predicted molar refractivity (Wildman–Crippen MR) is 94.9 cm³/mol. The van der Waals surface area contributed by atoms with Gasteiger partial charge in [0.1, 0.15) is 0 Å². The molecule has 1 aliphatic heterocycles. The second-order valence-electron chi connectivity index (χ2n) is 6.01. The third kappa shape index (κ3) is 6.64. The van der Waals surface area contributed by atoms with Crippen LogP contribution < -0.4 is 16.2 Å². The van der Waals surface area contributed by atoms with Gasteiger partial charge in [0.15, 0.2) is 6.10 Å². The Bertz CT molecular complexity index is 559. The zero-order valence-electron chi connectivity index (χ0n) is 15.2. The zero-order valence-corrected chi connectivity index (χ0v) is 15.2. The van der Waals surface area contributed by atoms with E-state index < -0.39 is 24.1 Å². The summed E-state index contributed by atoms with van der Waals surface area (Å²) in [5, 5.41) is 12.4. The molecule has 1 heterocycles. The largest absolute Gasteiger partial charge is 0.416 e. The first-order valence-electron chi connectivity index (χ1n) is 8.56. The summed E-state index contributed by atoms with van der Waals surface area (Å²) in [5.74, 6) is -0.460. The lowest BCUT2D eigenvalue weighted by Crippen LogP contribution is -2.50. The normalized spacial score (nSPS) is 21.6. The first-order chi connectivity index (χ1) is 12.2. The van der Waals surface area contributed by atoms with E-state index in [1.807, 2.05) is 26.0 Å². The fourth-order valence-electron chi connectivity index (χ4n) is 2.50. The van der Waals surface area contributed by atoms with Crippen LogP contribution in [-0.2, 0) is 4.79 Å². The molecule has 0 saturated heterocycles. The Balaban J connectivity index is 2.99. The summed E-state index contributed by atoms with van der Waals surface area (Å²) in [6.07, 6.45) is -1.96. The van der Waals surface area contributed by atoms with E-state index in [4.69, 9.17) is 0 Å². The number of likely N-dealkylation sites (N-methyl/N-ethyl adjacent to an activating group) is 1. The number of nitrogens with zero attached hydrogens (tertiary/aromatic N) is 1. The summed E-state index contributed by atoms with van der Waals surface area (Å²) < 4.78 is 37.5. The van der Waals surface area contributed by atoms with Gasteiger partial charge in [0.05, 0.1) is 12.3 Å². The van der Waals surface area contributed by atoms with Gasteiger partial charge >= 0.3 is 6.18 Å². The molecule has 0 aromatic carbocycles. The van der Waals surface area contributed by atoms with Crippen LogP contribution in [0.5, 0.6) is 0 Å². The Morgan fingerprint density at radius 2 is 2.19 bits per heavy atom. The maximum absolute atomic E-state index is 12.5. The second kappa shape index (κ2) is 10.6. The van der Waals surface area contributed by atoms with Crippen LogP contribution in [0.2, 0.25) is 0 Å². The van der Waals surface area contributed by atoms with E-state index in [1.165, 1.54) is 0 Å². The summed E-state index contributed by atoms with van der Waals surface area (Å²) >= 11 is 0. The summed E-state index contributed by atoms with van der Waals surface area (Å²) in [6, 6.07) is -1.56. The Kier molecular flexibility index (Phi) is 9.14. The fourth-order valence-corrected chi connectivity index (χ4v) is 2.50. The van der Waals surface area contributed by atoms with Crippen molar-refractivity contribution in [3.05, 3.63) is 23.3 Å². The summed E-state index contributed by atoms with van der Waals surface area (Å²) in [7, 11) is 0. The lowest BCUT2D eigenvalue weighted by atomic mass is 9.94. The topological polar surface area (TPSA) is 85.8 Å². The average molecular weight is 376 g/mol. The van der Waals surface area contributed by atoms with Gasteiger partial charge in [0, 0.05) is 24.7 Å². The maximum atomic E-state index is 12.5. The fraction of sp³-hybridized carbons (Fsp3) is 0.647. The second-order valence-corrected chi connectivity index (χ2v) is 6.01. The molecule has 0 spiro atoms. The number of halogens is 3. The highest BCUT2D eigenvalue weighted by atomic mass is 19.4. The molecular weight excluding hydrogens is 349 g/mol. The molecule has 0 aromatic heterocycles. The molecule has 3 atom stereocenters. The standard InChI is InChI=1S/C17H27F3N4O2/c1-4-6-7-14-12(8-21-5-2)13(9-23-24-14)15(25)10-22-11(3)16(26)17(18,19)20/h4,6,10-11,14,16,21,23-24,26H,5,7-9H2,1-3H3/b6-4-,22-10-/t11-,14?,16?/m1/s1. The minimum atomic E-state index is -4.77. The van der Waals surface area contributed by atoms with E-state index in [9.17, 15) is 23.1 Å². The Labute approximate surface area is 151 Å². The van der Waals surface area contributed by atoms with Gasteiger partial charge in [-0.2, -0.15) is 13.2 Å². The van der Waals surface area contributed by atoms with E-state index in [2.05, 4.69) is 21.2 Å². The van der Waals surface area contributed by atoms with Crippen molar-refractivity contribution in [2.24, 2.45) is 4.99 Å². The van der Waals surface area contributed by atoms with Crippen molar-refractivity contribution in [3.8, 4) is 0 Å². The average Bonchev–Trinajstić information content (AvgIpc) is 2.60. The van der Waals surface area contributed by atoms with Gasteiger partial charge in [-0.1, -0.05) is 19.1 Å². The number of allylic oxidation sites excluding steroid dienone is 1. The van der Waals surface area contributed by atoms with Crippen molar-refractivity contribution < 1.29 is 23.1 Å². The van der Waals surface area contributed by atoms with Crippen LogP contribution in [0.3, 0.4) is 0 Å². The van der Waals surface area contributed by atoms with Crippen molar-refractivity contribution >= 4 is 12.0 Å². The number of ketones is 1. The molecule has 4 N–H and O–H groups in total. The Morgan fingerprint density at radius 3 is 2.77 bits per heavy atom. The van der Waals surface area contributed by atoms with Crippen LogP contribution >= 0.6 is 0 Å². The number of aliphatic hydroxyl groups is 1. The van der Waals surface area contributed by atoms with Gasteiger partial charge < -0.3 is 10.4 Å². The molecule has 0 aliphatic carbocycles. The number of hydrogen-bond acceptors (Lipinski definition) is 6. The van der Waals surface area contributed by atoms with Crippen LogP contribution in [0.15, 0.2) is 28.3 Å². The number of aliphatic imine (C=N–C) groups is 1. The van der Waals surface area contributed by atoms with Crippen molar-refractivity contribution in [2.45, 2.75) is 51.6 Å². The Hall–Kier alpha value is -1.55. The number of carbonyl (C=O) groups is 1. The Morgan fingerprint density at radius 1 is 1.50 bits per heavy atom. The summed E-state index contributed by atoms with van der Waals surface area (Å²) in [4.78, 5) is 16.1. The van der Waals surface area contributed by atoms with Crippen molar-refractivity contribution in [3.63, 3.8) is 0 Å². The summed E-state index contributed by atoms with van der Waals surface area (Å²) in [6.45, 7) is 6.41. The van der Waals surface area contributed by atoms with Gasteiger partial charge in [0.2, 0.25) is 5.78 Å². The molecule has 1 aliphatic rings. The third-order valence-corrected chi connectivity index (χ3v) is 4.04. The minimum absolute atomic E-state index is 0.107. The van der Waals surface area contributed by atoms with Gasteiger partial charge in [-0.25, -0.2) is 5.43 Å². The van der Waals surface area contributed by atoms with E-state index in [-0.39, 0.29) is 12.6 Å². The molecule has 148 valence electrons. The van der Waals surface area contributed by atoms with Gasteiger partial charge in [-0.3, -0.25) is 15.2 Å². The van der Waals surface area contributed by atoms with Crippen LogP contribution in [0.4, 0.5) is 13.2 Å². The van der Waals surface area contributed by atoms with Crippen LogP contribution in [0.1, 0.15) is 27.2 Å². The van der Waals surface area contributed by atoms with Crippen molar-refractivity contribution in [1.82, 2.24) is 16.2 Å². The van der Waals surface area contributed by atoms with E-state index in [0.29, 0.717) is 18.5 Å². The third-order valence-electron chi connectivity index (χ3n) is 4.04. The van der Waals surface area contributed by atoms with Gasteiger partial charge in [-0.15, -0.1) is 0 Å². The number of carbonyl (C=O) groups excluding carboxylic acids is 1. The first-order valence-corrected chi connectivity index (χ1v) is 8.56.